The van der Waals surface area contributed by atoms with Gasteiger partial charge in [-0.15, -0.1) is 10.2 Å². The number of unbranched alkanes of at least 4 members (excludes halogenated alkanes) is 4. The highest BCUT2D eigenvalue weighted by atomic mass is 35.5. The molecular formula is C24H26ClN5O4. The number of fused-ring (bicyclic) bond motifs is 1. The monoisotopic (exact) mass is 483 g/mol. The number of halogens is 1. The van der Waals surface area contributed by atoms with Gasteiger partial charge in [0.1, 0.15) is 12.4 Å². The maximum absolute atomic E-state index is 13.3. The Hall–Kier alpha value is -3.43. The maximum Gasteiger partial charge on any atom is 0.257 e. The van der Waals surface area contributed by atoms with Gasteiger partial charge in [-0.1, -0.05) is 43.9 Å². The van der Waals surface area contributed by atoms with E-state index in [9.17, 15) is 4.79 Å². The number of aromatic nitrogens is 4. The van der Waals surface area contributed by atoms with E-state index in [2.05, 4.69) is 27.5 Å². The number of nitrogens with zero attached hydrogens (tertiary/aromatic N) is 3. The predicted molar refractivity (Wildman–Crippen MR) is 126 cm³/mol. The van der Waals surface area contributed by atoms with E-state index in [4.69, 9.17) is 31.5 Å². The zero-order valence-electron chi connectivity index (χ0n) is 18.8. The highest BCUT2D eigenvalue weighted by Gasteiger charge is 2.41. The molecule has 34 heavy (non-hydrogen) atoms. The number of carbonyl (C=O) groups is 1. The Morgan fingerprint density at radius 2 is 2.18 bits per heavy atom. The molecule has 0 saturated carbocycles. The van der Waals surface area contributed by atoms with Crippen molar-refractivity contribution >= 4 is 17.4 Å². The van der Waals surface area contributed by atoms with E-state index >= 15 is 0 Å². The van der Waals surface area contributed by atoms with Crippen molar-refractivity contribution < 1.29 is 19.0 Å². The lowest BCUT2D eigenvalue weighted by Crippen LogP contribution is -2.51. The number of nitrogens with two attached hydrogens (primary N) is 1. The van der Waals surface area contributed by atoms with Crippen LogP contribution in [0.1, 0.15) is 60.8 Å². The lowest BCUT2D eigenvalue weighted by molar-refractivity contribution is -0.0154. The zero-order chi connectivity index (χ0) is 24.0. The molecule has 0 amide bonds. The second-order valence-electron chi connectivity index (χ2n) is 7.96. The molecule has 0 saturated heterocycles. The minimum atomic E-state index is -1.49. The van der Waals surface area contributed by atoms with Crippen molar-refractivity contribution in [3.63, 3.8) is 0 Å². The van der Waals surface area contributed by atoms with Crippen LogP contribution in [0.5, 0.6) is 17.2 Å². The van der Waals surface area contributed by atoms with Crippen molar-refractivity contribution in [2.75, 3.05) is 6.61 Å². The number of tetrazole rings is 1. The SMILES string of the molecule is CCCCCC/C=C/Oc1ccc(C(=O)c2cccc3c2OC(N)(c2nn[nH]n2)CO3)cc1Cl. The Balaban J connectivity index is 1.49. The molecule has 2 heterocycles. The number of ketones is 1. The molecule has 9 nitrogen and oxygen atoms in total. The summed E-state index contributed by atoms with van der Waals surface area (Å²) in [5, 5.41) is 14.0. The molecule has 2 aromatic carbocycles. The summed E-state index contributed by atoms with van der Waals surface area (Å²) in [7, 11) is 0. The molecule has 0 spiro atoms. The van der Waals surface area contributed by atoms with Crippen molar-refractivity contribution in [1.82, 2.24) is 20.6 Å². The molecule has 3 aromatic rings. The highest BCUT2D eigenvalue weighted by Crippen LogP contribution is 2.40. The summed E-state index contributed by atoms with van der Waals surface area (Å²) in [5.74, 6) is 0.871. The summed E-state index contributed by atoms with van der Waals surface area (Å²) >= 11 is 6.38. The number of allylic oxidation sites excluding steroid dienone is 1. The molecule has 0 fully saturated rings. The number of rotatable bonds is 10. The van der Waals surface area contributed by atoms with Crippen LogP contribution in [0.4, 0.5) is 0 Å². The van der Waals surface area contributed by atoms with E-state index in [1.54, 1.807) is 42.7 Å². The van der Waals surface area contributed by atoms with Crippen LogP contribution in [0, 0.1) is 0 Å². The fraction of sp³-hybridized carbons (Fsp3) is 0.333. The van der Waals surface area contributed by atoms with Gasteiger partial charge in [-0.3, -0.25) is 10.5 Å². The van der Waals surface area contributed by atoms with E-state index in [0.717, 1.165) is 12.8 Å². The number of aromatic amines is 1. The van der Waals surface area contributed by atoms with Crippen molar-refractivity contribution in [3.8, 4) is 17.2 Å². The van der Waals surface area contributed by atoms with E-state index in [0.29, 0.717) is 22.1 Å². The van der Waals surface area contributed by atoms with Gasteiger partial charge in [-0.2, -0.15) is 5.21 Å². The molecular weight excluding hydrogens is 458 g/mol. The normalized spacial score (nSPS) is 17.1. The molecule has 3 N–H and O–H groups in total. The van der Waals surface area contributed by atoms with Gasteiger partial charge in [-0.05, 0) is 54.5 Å². The topological polar surface area (TPSA) is 125 Å². The number of carbonyl (C=O) groups excluding carboxylic acids is 1. The van der Waals surface area contributed by atoms with Gasteiger partial charge in [0.25, 0.3) is 5.72 Å². The second-order valence-corrected chi connectivity index (χ2v) is 8.37. The van der Waals surface area contributed by atoms with Crippen LogP contribution in [0.15, 0.2) is 48.7 Å². The van der Waals surface area contributed by atoms with Gasteiger partial charge >= 0.3 is 0 Å². The summed E-state index contributed by atoms with van der Waals surface area (Å²) in [5.41, 5.74) is 5.44. The van der Waals surface area contributed by atoms with Crippen LogP contribution < -0.4 is 19.9 Å². The van der Waals surface area contributed by atoms with Gasteiger partial charge in [0, 0.05) is 5.56 Å². The predicted octanol–water partition coefficient (Wildman–Crippen LogP) is 4.53. The van der Waals surface area contributed by atoms with Crippen molar-refractivity contribution in [3.05, 3.63) is 70.7 Å². The minimum absolute atomic E-state index is 0.0405. The summed E-state index contributed by atoms with van der Waals surface area (Å²) in [6.07, 6.45) is 9.32. The number of para-hydroxylation sites is 1. The lowest BCUT2D eigenvalue weighted by Gasteiger charge is -2.33. The highest BCUT2D eigenvalue weighted by molar-refractivity contribution is 6.32. The fourth-order valence-corrected chi connectivity index (χ4v) is 3.76. The summed E-state index contributed by atoms with van der Waals surface area (Å²) in [4.78, 5) is 13.3. The first-order valence-electron chi connectivity index (χ1n) is 11.2. The Morgan fingerprint density at radius 1 is 1.29 bits per heavy atom. The number of hydrogen-bond acceptors (Lipinski definition) is 8. The molecule has 178 valence electrons. The first-order chi connectivity index (χ1) is 16.5. The first kappa shape index (κ1) is 23.7. The maximum atomic E-state index is 13.3. The van der Waals surface area contributed by atoms with Gasteiger partial charge in [0.2, 0.25) is 5.82 Å². The second kappa shape index (κ2) is 10.7. The third kappa shape index (κ3) is 5.21. The molecule has 0 aliphatic carbocycles. The molecule has 1 aliphatic rings. The largest absolute Gasteiger partial charge is 0.483 e. The number of benzene rings is 2. The van der Waals surface area contributed by atoms with Crippen LogP contribution in [-0.4, -0.2) is 33.0 Å². The molecule has 1 unspecified atom stereocenters. The van der Waals surface area contributed by atoms with Gasteiger partial charge < -0.3 is 14.2 Å². The zero-order valence-corrected chi connectivity index (χ0v) is 19.5. The molecule has 0 radical (unpaired) electrons. The Labute approximate surface area is 202 Å². The average Bonchev–Trinajstić information content (AvgIpc) is 3.40. The van der Waals surface area contributed by atoms with E-state index in [-0.39, 0.29) is 29.5 Å². The van der Waals surface area contributed by atoms with E-state index in [1.165, 1.54) is 19.3 Å². The third-order valence-electron chi connectivity index (χ3n) is 5.38. The smallest absolute Gasteiger partial charge is 0.257 e. The van der Waals surface area contributed by atoms with Gasteiger partial charge in [-0.25, -0.2) is 0 Å². The number of ether oxygens (including phenoxy) is 3. The van der Waals surface area contributed by atoms with Crippen LogP contribution in [-0.2, 0) is 5.72 Å². The number of nitrogens with one attached hydrogen (secondary N) is 1. The molecule has 10 heteroatoms. The van der Waals surface area contributed by atoms with Crippen molar-refractivity contribution in [2.24, 2.45) is 5.73 Å². The van der Waals surface area contributed by atoms with Crippen LogP contribution in [0.3, 0.4) is 0 Å². The van der Waals surface area contributed by atoms with Crippen molar-refractivity contribution in [2.45, 2.75) is 44.8 Å². The molecule has 1 aromatic heterocycles. The standard InChI is InChI=1S/C24H26ClN5O4/c1-2-3-4-5-6-7-13-32-19-12-11-16(14-18(19)25)21(31)17-9-8-10-20-22(17)34-24(26,15-33-20)23-27-29-30-28-23/h7-14H,2-6,15,26H2,1H3,(H,27,28,29,30)/b13-7+. The molecule has 0 bridgehead atoms. The summed E-state index contributed by atoms with van der Waals surface area (Å²) in [6, 6.07) is 9.91. The Morgan fingerprint density at radius 3 is 2.94 bits per heavy atom. The Kier molecular flexibility index (Phi) is 7.44. The van der Waals surface area contributed by atoms with Crippen LogP contribution in [0.2, 0.25) is 5.02 Å². The fourth-order valence-electron chi connectivity index (χ4n) is 3.53. The van der Waals surface area contributed by atoms with Crippen LogP contribution >= 0.6 is 11.6 Å². The third-order valence-corrected chi connectivity index (χ3v) is 5.68. The lowest BCUT2D eigenvalue weighted by atomic mass is 10.0. The quantitative estimate of drug-likeness (QED) is 0.245. The number of hydrogen-bond donors (Lipinski definition) is 2. The van der Waals surface area contributed by atoms with E-state index in [1.807, 2.05) is 6.08 Å². The van der Waals surface area contributed by atoms with E-state index < -0.39 is 5.72 Å². The van der Waals surface area contributed by atoms with Crippen molar-refractivity contribution in [1.29, 1.82) is 0 Å². The first-order valence-corrected chi connectivity index (χ1v) is 11.5. The minimum Gasteiger partial charge on any atom is -0.483 e. The summed E-state index contributed by atoms with van der Waals surface area (Å²) in [6.45, 7) is 2.14. The average molecular weight is 484 g/mol. The van der Waals surface area contributed by atoms with Gasteiger partial charge in [0.05, 0.1) is 16.8 Å². The summed E-state index contributed by atoms with van der Waals surface area (Å²) < 4.78 is 17.3. The van der Waals surface area contributed by atoms with Crippen LogP contribution in [0.25, 0.3) is 0 Å². The molecule has 1 atom stereocenters. The molecule has 4 rings (SSSR count). The number of H-pyrrole nitrogens is 1. The molecule has 1 aliphatic heterocycles. The van der Waals surface area contributed by atoms with Gasteiger partial charge in [0.15, 0.2) is 17.3 Å². The Bertz CT molecular complexity index is 1170.